The lowest BCUT2D eigenvalue weighted by Gasteiger charge is -2.31. The molecule has 0 spiro atoms. The Morgan fingerprint density at radius 2 is 2.00 bits per heavy atom. The Bertz CT molecular complexity index is 1040. The van der Waals surface area contributed by atoms with Crippen LogP contribution in [0.5, 0.6) is 0 Å². The van der Waals surface area contributed by atoms with Crippen molar-refractivity contribution in [3.63, 3.8) is 0 Å². The van der Waals surface area contributed by atoms with Gasteiger partial charge in [0.05, 0.1) is 30.7 Å². The van der Waals surface area contributed by atoms with Gasteiger partial charge in [0.25, 0.3) is 0 Å². The van der Waals surface area contributed by atoms with Crippen molar-refractivity contribution >= 4 is 29.3 Å². The molecular weight excluding hydrogens is 446 g/mol. The van der Waals surface area contributed by atoms with Crippen LogP contribution in [-0.2, 0) is 9.53 Å². The summed E-state index contributed by atoms with van der Waals surface area (Å²) in [7, 11) is 0. The van der Waals surface area contributed by atoms with Crippen molar-refractivity contribution in [2.75, 3.05) is 38.6 Å². The molecule has 0 bridgehead atoms. The summed E-state index contributed by atoms with van der Waals surface area (Å²) in [5, 5.41) is 12.6. The lowest BCUT2D eigenvalue weighted by Crippen LogP contribution is -2.43. The number of hydrogen-bond donors (Lipinski definition) is 1. The van der Waals surface area contributed by atoms with E-state index in [1.54, 1.807) is 6.33 Å². The zero-order valence-corrected chi connectivity index (χ0v) is 19.5. The molecule has 1 atom stereocenters. The van der Waals surface area contributed by atoms with E-state index >= 15 is 0 Å². The van der Waals surface area contributed by atoms with Crippen molar-refractivity contribution in [2.45, 2.75) is 18.1 Å². The number of nitrogens with one attached hydrogen (secondary N) is 1. The number of ether oxygens (including phenoxy) is 1. The van der Waals surface area contributed by atoms with E-state index in [1.165, 1.54) is 17.3 Å². The lowest BCUT2D eigenvalue weighted by atomic mass is 10.0. The molecule has 2 heterocycles. The van der Waals surface area contributed by atoms with Crippen molar-refractivity contribution in [3.05, 3.63) is 71.0 Å². The minimum absolute atomic E-state index is 0.0468. The molecule has 0 saturated carbocycles. The Balaban J connectivity index is 1.41. The molecule has 1 unspecified atom stereocenters. The predicted molar refractivity (Wildman–Crippen MR) is 126 cm³/mol. The zero-order valence-electron chi connectivity index (χ0n) is 17.9. The highest BCUT2D eigenvalue weighted by atomic mass is 35.5. The van der Waals surface area contributed by atoms with Crippen molar-refractivity contribution in [3.8, 4) is 5.69 Å². The standard InChI is InChI=1S/C23H26ClN5O2S/c1-17-5-7-18(8-6-17)21(14-28-9-11-31-12-10-28)26-22(30)15-32-23-27-25-16-29(23)20-4-2-3-19(24)13-20/h2-8,13,16,21H,9-12,14-15H2,1H3,(H,26,30). The average molecular weight is 472 g/mol. The molecule has 1 amide bonds. The molecule has 1 aliphatic heterocycles. The highest BCUT2D eigenvalue weighted by Crippen LogP contribution is 2.22. The van der Waals surface area contributed by atoms with Crippen LogP contribution < -0.4 is 5.32 Å². The number of nitrogens with zero attached hydrogens (tertiary/aromatic N) is 4. The summed E-state index contributed by atoms with van der Waals surface area (Å²) < 4.78 is 7.29. The third-order valence-corrected chi connectivity index (χ3v) is 6.47. The van der Waals surface area contributed by atoms with Gasteiger partial charge in [0.2, 0.25) is 5.91 Å². The normalized spacial score (nSPS) is 15.4. The number of benzene rings is 2. The van der Waals surface area contributed by atoms with Crippen molar-refractivity contribution in [2.24, 2.45) is 0 Å². The minimum Gasteiger partial charge on any atom is -0.379 e. The Kier molecular flexibility index (Phi) is 7.81. The highest BCUT2D eigenvalue weighted by Gasteiger charge is 2.21. The maximum absolute atomic E-state index is 12.9. The fourth-order valence-corrected chi connectivity index (χ4v) is 4.49. The first kappa shape index (κ1) is 22.8. The van der Waals surface area contributed by atoms with Crippen LogP contribution in [0.3, 0.4) is 0 Å². The fourth-order valence-electron chi connectivity index (χ4n) is 3.57. The second-order valence-electron chi connectivity index (χ2n) is 7.70. The van der Waals surface area contributed by atoms with Gasteiger partial charge in [-0.05, 0) is 30.7 Å². The van der Waals surface area contributed by atoms with Crippen molar-refractivity contribution in [1.29, 1.82) is 0 Å². The van der Waals surface area contributed by atoms with Gasteiger partial charge in [-0.15, -0.1) is 10.2 Å². The molecule has 0 aliphatic carbocycles. The zero-order chi connectivity index (χ0) is 22.3. The molecule has 7 nitrogen and oxygen atoms in total. The second kappa shape index (κ2) is 11.0. The monoisotopic (exact) mass is 471 g/mol. The molecule has 2 aromatic carbocycles. The first-order chi connectivity index (χ1) is 15.6. The minimum atomic E-state index is -0.0902. The van der Waals surface area contributed by atoms with Crippen molar-refractivity contribution < 1.29 is 9.53 Å². The Hall–Kier alpha value is -2.39. The number of amides is 1. The molecule has 3 aromatic rings. The van der Waals surface area contributed by atoms with Crippen LogP contribution in [0.25, 0.3) is 5.69 Å². The Labute approximate surface area is 197 Å². The number of carbonyl (C=O) groups is 1. The first-order valence-corrected chi connectivity index (χ1v) is 11.9. The van der Waals surface area contributed by atoms with Crippen LogP contribution in [-0.4, -0.2) is 64.2 Å². The van der Waals surface area contributed by atoms with Gasteiger partial charge in [0.15, 0.2) is 5.16 Å². The number of aromatic nitrogens is 3. The number of thioether (sulfide) groups is 1. The van der Waals surface area contributed by atoms with E-state index in [9.17, 15) is 4.79 Å². The molecule has 1 aromatic heterocycles. The SMILES string of the molecule is Cc1ccc(C(CN2CCOCC2)NC(=O)CSc2nncn2-c2cccc(Cl)c2)cc1. The van der Waals surface area contributed by atoms with Gasteiger partial charge in [0.1, 0.15) is 6.33 Å². The molecule has 1 N–H and O–H groups in total. The Morgan fingerprint density at radius 3 is 2.75 bits per heavy atom. The quantitative estimate of drug-likeness (QED) is 0.507. The van der Waals surface area contributed by atoms with Gasteiger partial charge in [-0.2, -0.15) is 0 Å². The van der Waals surface area contributed by atoms with Crippen LogP contribution in [0.2, 0.25) is 5.02 Å². The summed E-state index contributed by atoms with van der Waals surface area (Å²) in [5.41, 5.74) is 3.15. The van der Waals surface area contributed by atoms with Gasteiger partial charge in [-0.25, -0.2) is 0 Å². The van der Waals surface area contributed by atoms with E-state index in [0.29, 0.717) is 10.2 Å². The molecule has 0 radical (unpaired) electrons. The molecule has 168 valence electrons. The largest absolute Gasteiger partial charge is 0.379 e. The summed E-state index contributed by atoms with van der Waals surface area (Å²) in [4.78, 5) is 15.2. The molecule has 9 heteroatoms. The topological polar surface area (TPSA) is 72.3 Å². The van der Waals surface area contributed by atoms with Crippen molar-refractivity contribution in [1.82, 2.24) is 25.0 Å². The summed E-state index contributed by atoms with van der Waals surface area (Å²) in [6.07, 6.45) is 1.62. The summed E-state index contributed by atoms with van der Waals surface area (Å²) in [6, 6.07) is 15.7. The van der Waals surface area contributed by atoms with E-state index in [0.717, 1.165) is 44.1 Å². The molecule has 4 rings (SSSR count). The molecular formula is C23H26ClN5O2S. The van der Waals surface area contributed by atoms with Gasteiger partial charge in [-0.1, -0.05) is 59.3 Å². The summed E-state index contributed by atoms with van der Waals surface area (Å²) in [6.45, 7) is 6.01. The van der Waals surface area contributed by atoms with Gasteiger partial charge in [-0.3, -0.25) is 14.3 Å². The van der Waals surface area contributed by atoms with Gasteiger partial charge >= 0.3 is 0 Å². The number of carbonyl (C=O) groups excluding carboxylic acids is 1. The van der Waals surface area contributed by atoms with Crippen LogP contribution in [0.15, 0.2) is 60.0 Å². The maximum atomic E-state index is 12.9. The van der Waals surface area contributed by atoms with E-state index in [-0.39, 0.29) is 17.7 Å². The summed E-state index contributed by atoms with van der Waals surface area (Å²) in [5.74, 6) is 0.194. The predicted octanol–water partition coefficient (Wildman–Crippen LogP) is 3.51. The number of aryl methyl sites for hydroxylation is 1. The molecule has 32 heavy (non-hydrogen) atoms. The second-order valence-corrected chi connectivity index (χ2v) is 9.07. The average Bonchev–Trinajstić information content (AvgIpc) is 3.27. The Morgan fingerprint density at radius 1 is 1.22 bits per heavy atom. The van der Waals surface area contributed by atoms with Gasteiger partial charge in [0, 0.05) is 24.7 Å². The molecule has 1 fully saturated rings. The third-order valence-electron chi connectivity index (χ3n) is 5.29. The maximum Gasteiger partial charge on any atom is 0.231 e. The number of halogens is 1. The number of rotatable bonds is 8. The van der Waals surface area contributed by atoms with E-state index in [4.69, 9.17) is 16.3 Å². The van der Waals surface area contributed by atoms with Crippen LogP contribution in [0.4, 0.5) is 0 Å². The van der Waals surface area contributed by atoms with Crippen LogP contribution in [0.1, 0.15) is 17.2 Å². The molecule has 1 saturated heterocycles. The van der Waals surface area contributed by atoms with Crippen LogP contribution >= 0.6 is 23.4 Å². The first-order valence-electron chi connectivity index (χ1n) is 10.5. The molecule has 1 aliphatic rings. The smallest absolute Gasteiger partial charge is 0.231 e. The fraction of sp³-hybridized carbons (Fsp3) is 0.348. The summed E-state index contributed by atoms with van der Waals surface area (Å²) >= 11 is 7.46. The number of morpholine rings is 1. The van der Waals surface area contributed by atoms with Crippen LogP contribution in [0, 0.1) is 6.92 Å². The third kappa shape index (κ3) is 6.10. The van der Waals surface area contributed by atoms with Gasteiger partial charge < -0.3 is 10.1 Å². The van der Waals surface area contributed by atoms with E-state index in [1.807, 2.05) is 28.8 Å². The highest BCUT2D eigenvalue weighted by molar-refractivity contribution is 7.99. The number of hydrogen-bond acceptors (Lipinski definition) is 6. The van der Waals surface area contributed by atoms with E-state index < -0.39 is 0 Å². The lowest BCUT2D eigenvalue weighted by molar-refractivity contribution is -0.119. The van der Waals surface area contributed by atoms with E-state index in [2.05, 4.69) is 51.6 Å².